The van der Waals surface area contributed by atoms with Crippen LogP contribution >= 0.6 is 11.6 Å². The molecule has 1 aliphatic heterocycles. The van der Waals surface area contributed by atoms with Gasteiger partial charge in [-0.25, -0.2) is 9.78 Å². The summed E-state index contributed by atoms with van der Waals surface area (Å²) in [6.45, 7) is 11.2. The van der Waals surface area contributed by atoms with E-state index in [9.17, 15) is 4.79 Å². The Hall–Kier alpha value is -3.25. The summed E-state index contributed by atoms with van der Waals surface area (Å²) in [4.78, 5) is 22.8. The van der Waals surface area contributed by atoms with E-state index >= 15 is 0 Å². The van der Waals surface area contributed by atoms with Gasteiger partial charge in [-0.2, -0.15) is 0 Å². The smallest absolute Gasteiger partial charge is 0.410 e. The Kier molecular flexibility index (Phi) is 5.88. The standard InChI is InChI=1S/C28H30ClN3O3/c1-16(2)13-32(27(33)35-28(3,4)5)14-25-30-23-9-6-17-11-22-20-8-7-19(29)10-18(20)15-34-24(22)12-21(17)26(23)31-25/h6-12,16H,13-15H2,1-5H3,(H,30,31). The minimum absolute atomic E-state index is 0.300. The highest BCUT2D eigenvalue weighted by Gasteiger charge is 2.24. The van der Waals surface area contributed by atoms with Gasteiger partial charge in [-0.05, 0) is 73.5 Å². The maximum absolute atomic E-state index is 12.8. The molecular weight excluding hydrogens is 462 g/mol. The Labute approximate surface area is 210 Å². The zero-order chi connectivity index (χ0) is 24.9. The number of nitrogens with zero attached hydrogens (tertiary/aromatic N) is 2. The maximum atomic E-state index is 12.8. The quantitative estimate of drug-likeness (QED) is 0.324. The van der Waals surface area contributed by atoms with Crippen molar-refractivity contribution in [3.63, 3.8) is 0 Å². The van der Waals surface area contributed by atoms with Crippen LogP contribution in [0, 0.1) is 5.92 Å². The minimum Gasteiger partial charge on any atom is -0.488 e. The number of imidazole rings is 1. The molecule has 1 amide bonds. The summed E-state index contributed by atoms with van der Waals surface area (Å²) in [5, 5.41) is 2.79. The van der Waals surface area contributed by atoms with Crippen molar-refractivity contribution in [1.29, 1.82) is 0 Å². The Morgan fingerprint density at radius 3 is 2.71 bits per heavy atom. The van der Waals surface area contributed by atoms with E-state index in [2.05, 4.69) is 43.1 Å². The van der Waals surface area contributed by atoms with Gasteiger partial charge < -0.3 is 19.4 Å². The number of H-pyrrole nitrogens is 1. The average Bonchev–Trinajstić information content (AvgIpc) is 3.18. The summed E-state index contributed by atoms with van der Waals surface area (Å²) in [7, 11) is 0. The van der Waals surface area contributed by atoms with Gasteiger partial charge in [-0.15, -0.1) is 0 Å². The molecule has 0 atom stereocenters. The predicted molar refractivity (Wildman–Crippen MR) is 140 cm³/mol. The van der Waals surface area contributed by atoms with Gasteiger partial charge in [0, 0.05) is 22.5 Å². The van der Waals surface area contributed by atoms with Crippen LogP contribution < -0.4 is 4.74 Å². The van der Waals surface area contributed by atoms with Crippen molar-refractivity contribution >= 4 is 39.5 Å². The molecule has 0 bridgehead atoms. The molecule has 4 aromatic rings. The first kappa shape index (κ1) is 23.5. The summed E-state index contributed by atoms with van der Waals surface area (Å²) >= 11 is 6.18. The van der Waals surface area contributed by atoms with E-state index < -0.39 is 5.60 Å². The molecule has 2 heterocycles. The highest BCUT2D eigenvalue weighted by atomic mass is 35.5. The molecule has 3 aromatic carbocycles. The highest BCUT2D eigenvalue weighted by Crippen LogP contribution is 2.42. The van der Waals surface area contributed by atoms with Crippen molar-refractivity contribution in [3.8, 4) is 16.9 Å². The van der Waals surface area contributed by atoms with E-state index in [0.717, 1.165) is 50.1 Å². The molecule has 0 aliphatic carbocycles. The van der Waals surface area contributed by atoms with Gasteiger partial charge in [-0.1, -0.05) is 37.6 Å². The number of aromatic nitrogens is 2. The number of carbonyl (C=O) groups is 1. The van der Waals surface area contributed by atoms with Gasteiger partial charge in [0.2, 0.25) is 0 Å². The highest BCUT2D eigenvalue weighted by molar-refractivity contribution is 6.30. The van der Waals surface area contributed by atoms with E-state index in [-0.39, 0.29) is 6.09 Å². The lowest BCUT2D eigenvalue weighted by Gasteiger charge is -2.28. The lowest BCUT2D eigenvalue weighted by Crippen LogP contribution is -2.38. The molecule has 182 valence electrons. The number of nitrogens with one attached hydrogen (secondary N) is 1. The van der Waals surface area contributed by atoms with Crippen LogP contribution in [0.25, 0.3) is 32.9 Å². The lowest BCUT2D eigenvalue weighted by atomic mass is 9.94. The van der Waals surface area contributed by atoms with Gasteiger partial charge in [0.25, 0.3) is 0 Å². The summed E-state index contributed by atoms with van der Waals surface area (Å²) < 4.78 is 11.7. The molecule has 0 radical (unpaired) electrons. The van der Waals surface area contributed by atoms with Crippen LogP contribution in [0.2, 0.25) is 5.02 Å². The fraction of sp³-hybridized carbons (Fsp3) is 0.357. The van der Waals surface area contributed by atoms with Gasteiger partial charge >= 0.3 is 6.09 Å². The molecule has 1 aliphatic rings. The number of hydrogen-bond donors (Lipinski definition) is 1. The van der Waals surface area contributed by atoms with E-state index in [1.807, 2.05) is 39.0 Å². The zero-order valence-electron chi connectivity index (χ0n) is 20.7. The Balaban J connectivity index is 1.52. The van der Waals surface area contributed by atoms with Crippen LogP contribution in [-0.4, -0.2) is 33.1 Å². The van der Waals surface area contributed by atoms with Crippen LogP contribution in [0.15, 0.2) is 42.5 Å². The largest absolute Gasteiger partial charge is 0.488 e. The van der Waals surface area contributed by atoms with Crippen molar-refractivity contribution in [2.24, 2.45) is 5.92 Å². The summed E-state index contributed by atoms with van der Waals surface area (Å²) in [5.74, 6) is 1.85. The number of carbonyl (C=O) groups excluding carboxylic acids is 1. The first-order chi connectivity index (χ1) is 16.6. The minimum atomic E-state index is -0.556. The van der Waals surface area contributed by atoms with E-state index in [0.29, 0.717) is 30.6 Å². The van der Waals surface area contributed by atoms with Gasteiger partial charge in [0.05, 0.1) is 17.6 Å². The number of fused-ring (bicyclic) bond motifs is 6. The van der Waals surface area contributed by atoms with Gasteiger partial charge in [-0.3, -0.25) is 0 Å². The SMILES string of the molecule is CC(C)CN(Cc1nc2c(ccc3cc4c(cc32)OCc2cc(Cl)ccc2-4)[nH]1)C(=O)OC(C)(C)C. The molecule has 0 fully saturated rings. The molecule has 0 spiro atoms. The van der Waals surface area contributed by atoms with Crippen molar-refractivity contribution in [2.45, 2.75) is 53.4 Å². The molecule has 1 N–H and O–H groups in total. The Bertz CT molecular complexity index is 1440. The molecule has 35 heavy (non-hydrogen) atoms. The Morgan fingerprint density at radius 2 is 1.97 bits per heavy atom. The van der Waals surface area contributed by atoms with E-state index in [1.54, 1.807) is 4.90 Å². The third-order valence-electron chi connectivity index (χ3n) is 5.94. The zero-order valence-corrected chi connectivity index (χ0v) is 21.5. The fourth-order valence-corrected chi connectivity index (χ4v) is 4.73. The number of aromatic amines is 1. The molecule has 0 unspecified atom stereocenters. The van der Waals surface area contributed by atoms with Crippen LogP contribution in [0.3, 0.4) is 0 Å². The number of hydrogen-bond acceptors (Lipinski definition) is 4. The third-order valence-corrected chi connectivity index (χ3v) is 6.17. The molecule has 7 heteroatoms. The summed E-state index contributed by atoms with van der Waals surface area (Å²) in [5.41, 5.74) is 4.50. The molecule has 0 saturated carbocycles. The third kappa shape index (κ3) is 4.80. The molecule has 1 aromatic heterocycles. The summed E-state index contributed by atoms with van der Waals surface area (Å²) in [6.07, 6.45) is -0.335. The van der Waals surface area contributed by atoms with Crippen molar-refractivity contribution in [2.75, 3.05) is 6.54 Å². The van der Waals surface area contributed by atoms with Crippen LogP contribution in [-0.2, 0) is 17.9 Å². The number of rotatable bonds is 4. The van der Waals surface area contributed by atoms with Crippen LogP contribution in [0.1, 0.15) is 46.0 Å². The summed E-state index contributed by atoms with van der Waals surface area (Å²) in [6, 6.07) is 14.3. The van der Waals surface area contributed by atoms with Crippen molar-refractivity contribution in [3.05, 3.63) is 58.9 Å². The average molecular weight is 492 g/mol. The monoisotopic (exact) mass is 491 g/mol. The van der Waals surface area contributed by atoms with E-state index in [1.165, 1.54) is 0 Å². The van der Waals surface area contributed by atoms with Crippen LogP contribution in [0.4, 0.5) is 4.79 Å². The normalized spacial score (nSPS) is 13.0. The number of amides is 1. The second kappa shape index (κ2) is 8.76. The first-order valence-corrected chi connectivity index (χ1v) is 12.3. The molecular formula is C28H30ClN3O3. The van der Waals surface area contributed by atoms with Crippen LogP contribution in [0.5, 0.6) is 5.75 Å². The second-order valence-electron chi connectivity index (χ2n) is 10.6. The lowest BCUT2D eigenvalue weighted by molar-refractivity contribution is 0.0206. The maximum Gasteiger partial charge on any atom is 0.410 e. The first-order valence-electron chi connectivity index (χ1n) is 11.9. The number of ether oxygens (including phenoxy) is 2. The second-order valence-corrected chi connectivity index (χ2v) is 11.0. The van der Waals surface area contributed by atoms with Crippen molar-refractivity contribution in [1.82, 2.24) is 14.9 Å². The van der Waals surface area contributed by atoms with Gasteiger partial charge in [0.1, 0.15) is 23.8 Å². The molecule has 0 saturated heterocycles. The number of halogens is 1. The Morgan fingerprint density at radius 1 is 1.17 bits per heavy atom. The van der Waals surface area contributed by atoms with Crippen molar-refractivity contribution < 1.29 is 14.3 Å². The molecule has 6 nitrogen and oxygen atoms in total. The molecule has 5 rings (SSSR count). The van der Waals surface area contributed by atoms with E-state index in [4.69, 9.17) is 26.1 Å². The fourth-order valence-electron chi connectivity index (χ4n) is 4.53. The predicted octanol–water partition coefficient (Wildman–Crippen LogP) is 7.32. The number of benzene rings is 3. The van der Waals surface area contributed by atoms with Gasteiger partial charge in [0.15, 0.2) is 0 Å². The topological polar surface area (TPSA) is 67.5 Å².